The lowest BCUT2D eigenvalue weighted by Gasteiger charge is -2.15. The number of aromatic nitrogens is 2. The van der Waals surface area contributed by atoms with Gasteiger partial charge in [-0.05, 0) is 56.2 Å². The molecule has 2 aromatic carbocycles. The minimum atomic E-state index is -3.45. The Bertz CT molecular complexity index is 1170. The molecule has 1 aliphatic heterocycles. The topological polar surface area (TPSA) is 104 Å². The second-order valence-corrected chi connectivity index (χ2v) is 10.0. The molecule has 0 unspecified atom stereocenters. The highest BCUT2D eigenvalue weighted by Crippen LogP contribution is 2.24. The van der Waals surface area contributed by atoms with Gasteiger partial charge in [-0.3, -0.25) is 4.79 Å². The molecule has 0 spiro atoms. The number of carbonyl (C=O) groups is 1. The number of sulfonamides is 1. The molecule has 0 radical (unpaired) electrons. The van der Waals surface area contributed by atoms with Crippen LogP contribution < -0.4 is 10.1 Å². The number of nitrogens with one attached hydrogen (secondary N) is 2. The van der Waals surface area contributed by atoms with Gasteiger partial charge in [-0.1, -0.05) is 11.8 Å². The predicted molar refractivity (Wildman–Crippen MR) is 121 cm³/mol. The van der Waals surface area contributed by atoms with Gasteiger partial charge in [0.1, 0.15) is 5.75 Å². The zero-order valence-corrected chi connectivity index (χ0v) is 18.8. The SMILES string of the molecule is CCOc1ccc2nc(SCC(=O)Nc3ccc(S(=O)(=O)N4CCCC4)cc3)[nH]c2c1. The zero-order chi connectivity index (χ0) is 21.8. The number of carbonyl (C=O) groups excluding carboxylic acids is 1. The molecule has 1 fully saturated rings. The third-order valence-electron chi connectivity index (χ3n) is 4.92. The number of amides is 1. The van der Waals surface area contributed by atoms with Crippen LogP contribution in [-0.2, 0) is 14.8 Å². The summed E-state index contributed by atoms with van der Waals surface area (Å²) in [5.41, 5.74) is 2.21. The van der Waals surface area contributed by atoms with Gasteiger partial charge >= 0.3 is 0 Å². The van der Waals surface area contributed by atoms with E-state index in [1.807, 2.05) is 25.1 Å². The second-order valence-electron chi connectivity index (χ2n) is 7.13. The van der Waals surface area contributed by atoms with Crippen LogP contribution in [0, 0.1) is 0 Å². The van der Waals surface area contributed by atoms with Gasteiger partial charge in [0.25, 0.3) is 0 Å². The van der Waals surface area contributed by atoms with Crippen molar-refractivity contribution in [3.63, 3.8) is 0 Å². The van der Waals surface area contributed by atoms with E-state index in [1.165, 1.54) is 28.2 Å². The number of anilines is 1. The van der Waals surface area contributed by atoms with E-state index in [4.69, 9.17) is 4.74 Å². The van der Waals surface area contributed by atoms with Gasteiger partial charge in [-0.2, -0.15) is 4.31 Å². The van der Waals surface area contributed by atoms with Crippen molar-refractivity contribution in [1.29, 1.82) is 0 Å². The summed E-state index contributed by atoms with van der Waals surface area (Å²) in [6.45, 7) is 3.64. The number of benzene rings is 2. The van der Waals surface area contributed by atoms with Crippen LogP contribution in [0.4, 0.5) is 5.69 Å². The summed E-state index contributed by atoms with van der Waals surface area (Å²) in [6.07, 6.45) is 1.79. The molecule has 164 valence electrons. The summed E-state index contributed by atoms with van der Waals surface area (Å²) in [6, 6.07) is 11.9. The number of fused-ring (bicyclic) bond motifs is 1. The van der Waals surface area contributed by atoms with Crippen molar-refractivity contribution in [1.82, 2.24) is 14.3 Å². The van der Waals surface area contributed by atoms with Crippen LogP contribution in [0.3, 0.4) is 0 Å². The first kappa shape index (κ1) is 21.7. The number of hydrogen-bond acceptors (Lipinski definition) is 6. The van der Waals surface area contributed by atoms with Crippen molar-refractivity contribution in [2.24, 2.45) is 0 Å². The molecule has 1 aromatic heterocycles. The quantitative estimate of drug-likeness (QED) is 0.499. The number of hydrogen-bond donors (Lipinski definition) is 2. The van der Waals surface area contributed by atoms with Crippen LogP contribution in [0.1, 0.15) is 19.8 Å². The molecule has 1 aliphatic rings. The Labute approximate surface area is 185 Å². The molecule has 1 saturated heterocycles. The molecule has 4 rings (SSSR count). The first-order chi connectivity index (χ1) is 15.0. The molecular formula is C21H24N4O4S2. The van der Waals surface area contributed by atoms with Crippen molar-refractivity contribution in [2.75, 3.05) is 30.8 Å². The Morgan fingerprint density at radius 2 is 1.94 bits per heavy atom. The number of H-pyrrole nitrogens is 1. The molecule has 2 heterocycles. The molecular weight excluding hydrogens is 436 g/mol. The van der Waals surface area contributed by atoms with E-state index in [0.29, 0.717) is 30.5 Å². The molecule has 0 bridgehead atoms. The molecule has 3 aromatic rings. The second kappa shape index (κ2) is 9.29. The van der Waals surface area contributed by atoms with Crippen molar-refractivity contribution in [2.45, 2.75) is 29.8 Å². The number of nitrogens with zero attached hydrogens (tertiary/aromatic N) is 2. The number of aromatic amines is 1. The van der Waals surface area contributed by atoms with Gasteiger partial charge in [-0.15, -0.1) is 0 Å². The summed E-state index contributed by atoms with van der Waals surface area (Å²) in [7, 11) is -3.45. The Hall–Kier alpha value is -2.56. The van der Waals surface area contributed by atoms with E-state index >= 15 is 0 Å². The van der Waals surface area contributed by atoms with E-state index in [1.54, 1.807) is 12.1 Å². The van der Waals surface area contributed by atoms with E-state index in [-0.39, 0.29) is 16.6 Å². The van der Waals surface area contributed by atoms with Crippen molar-refractivity contribution in [3.05, 3.63) is 42.5 Å². The lowest BCUT2D eigenvalue weighted by atomic mass is 10.3. The summed E-state index contributed by atoms with van der Waals surface area (Å²) in [5.74, 6) is 0.741. The maximum absolute atomic E-state index is 12.6. The Morgan fingerprint density at radius 1 is 1.19 bits per heavy atom. The van der Waals surface area contributed by atoms with Crippen LogP contribution in [0.15, 0.2) is 52.5 Å². The smallest absolute Gasteiger partial charge is 0.243 e. The Balaban J connectivity index is 1.34. The lowest BCUT2D eigenvalue weighted by molar-refractivity contribution is -0.113. The maximum Gasteiger partial charge on any atom is 0.243 e. The lowest BCUT2D eigenvalue weighted by Crippen LogP contribution is -2.27. The molecule has 8 nitrogen and oxygen atoms in total. The van der Waals surface area contributed by atoms with E-state index in [9.17, 15) is 13.2 Å². The van der Waals surface area contributed by atoms with Gasteiger partial charge in [-0.25, -0.2) is 13.4 Å². The third-order valence-corrected chi connectivity index (χ3v) is 7.71. The van der Waals surface area contributed by atoms with Gasteiger partial charge < -0.3 is 15.0 Å². The number of thioether (sulfide) groups is 1. The fraction of sp³-hybridized carbons (Fsp3) is 0.333. The Morgan fingerprint density at radius 3 is 2.65 bits per heavy atom. The summed E-state index contributed by atoms with van der Waals surface area (Å²) < 4.78 is 32.1. The normalized spacial score (nSPS) is 14.7. The zero-order valence-electron chi connectivity index (χ0n) is 17.1. The average molecular weight is 461 g/mol. The van der Waals surface area contributed by atoms with Crippen molar-refractivity contribution in [3.8, 4) is 5.75 Å². The first-order valence-electron chi connectivity index (χ1n) is 10.1. The molecule has 2 N–H and O–H groups in total. The highest BCUT2D eigenvalue weighted by molar-refractivity contribution is 7.99. The minimum absolute atomic E-state index is 0.173. The summed E-state index contributed by atoms with van der Waals surface area (Å²) in [4.78, 5) is 20.2. The van der Waals surface area contributed by atoms with Crippen LogP contribution in [0.2, 0.25) is 0 Å². The molecule has 10 heteroatoms. The van der Waals surface area contributed by atoms with E-state index < -0.39 is 10.0 Å². The average Bonchev–Trinajstić information content (AvgIpc) is 3.43. The number of ether oxygens (including phenoxy) is 1. The maximum atomic E-state index is 12.6. The largest absolute Gasteiger partial charge is 0.494 e. The van der Waals surface area contributed by atoms with Crippen molar-refractivity contribution < 1.29 is 17.9 Å². The molecule has 31 heavy (non-hydrogen) atoms. The van der Waals surface area contributed by atoms with Gasteiger partial charge in [0.05, 0.1) is 28.3 Å². The highest BCUT2D eigenvalue weighted by Gasteiger charge is 2.26. The first-order valence-corrected chi connectivity index (χ1v) is 12.5. The standard InChI is InChI=1S/C21H24N4O4S2/c1-2-29-16-7-10-18-19(13-16)24-21(23-18)30-14-20(26)22-15-5-8-17(9-6-15)31(27,28)25-11-3-4-12-25/h5-10,13H,2-4,11-12,14H2,1H3,(H,22,26)(H,23,24). The minimum Gasteiger partial charge on any atom is -0.494 e. The van der Waals surface area contributed by atoms with Crippen LogP contribution in [-0.4, -0.2) is 54.0 Å². The monoisotopic (exact) mass is 460 g/mol. The fourth-order valence-electron chi connectivity index (χ4n) is 3.41. The van der Waals surface area contributed by atoms with E-state index in [0.717, 1.165) is 29.6 Å². The van der Waals surface area contributed by atoms with Crippen LogP contribution in [0.25, 0.3) is 11.0 Å². The summed E-state index contributed by atoms with van der Waals surface area (Å²) in [5, 5.41) is 3.43. The van der Waals surface area contributed by atoms with Gasteiger partial charge in [0.15, 0.2) is 5.16 Å². The summed E-state index contributed by atoms with van der Waals surface area (Å²) >= 11 is 1.29. The van der Waals surface area contributed by atoms with Gasteiger partial charge in [0.2, 0.25) is 15.9 Å². The molecule has 0 atom stereocenters. The van der Waals surface area contributed by atoms with Crippen molar-refractivity contribution >= 4 is 44.4 Å². The molecule has 0 saturated carbocycles. The number of rotatable bonds is 8. The molecule has 0 aliphatic carbocycles. The van der Waals surface area contributed by atoms with E-state index in [2.05, 4.69) is 15.3 Å². The molecule has 1 amide bonds. The van der Waals surface area contributed by atoms with Crippen LogP contribution in [0.5, 0.6) is 5.75 Å². The third kappa shape index (κ3) is 5.03. The highest BCUT2D eigenvalue weighted by atomic mass is 32.2. The van der Waals surface area contributed by atoms with Crippen LogP contribution >= 0.6 is 11.8 Å². The number of imidazole rings is 1. The fourth-order valence-corrected chi connectivity index (χ4v) is 5.61. The predicted octanol–water partition coefficient (Wildman–Crippen LogP) is 3.48. The van der Waals surface area contributed by atoms with Gasteiger partial charge in [0, 0.05) is 24.8 Å². The Kier molecular flexibility index (Phi) is 6.49.